The van der Waals surface area contributed by atoms with Crippen LogP contribution in [0.1, 0.15) is 64.2 Å². The van der Waals surface area contributed by atoms with Gasteiger partial charge in [0.05, 0.1) is 20.7 Å². The molecule has 0 aliphatic carbocycles. The third kappa shape index (κ3) is 19.6. The van der Waals surface area contributed by atoms with Crippen molar-refractivity contribution in [3.05, 3.63) is 144 Å². The first-order valence-corrected chi connectivity index (χ1v) is 18.8. The second kappa shape index (κ2) is 27.2. The molecule has 0 saturated carbocycles. The fourth-order valence-electron chi connectivity index (χ4n) is 5.62. The summed E-state index contributed by atoms with van der Waals surface area (Å²) in [6.45, 7) is 7.30. The number of carbonyl (C=O) groups is 4. The fraction of sp³-hybridized carbons (Fsp3) is 0.378. The zero-order valence-electron chi connectivity index (χ0n) is 33.4. The van der Waals surface area contributed by atoms with Crippen LogP contribution >= 0.6 is 12.6 Å². The maximum atomic E-state index is 12.5. The van der Waals surface area contributed by atoms with Crippen LogP contribution in [0.2, 0.25) is 0 Å². The Balaban J connectivity index is 0.000000439. The van der Waals surface area contributed by atoms with Gasteiger partial charge in [0.2, 0.25) is 5.91 Å². The Hall–Kier alpha value is -4.48. The maximum absolute atomic E-state index is 12.5. The monoisotopic (exact) mass is 775 g/mol. The SMILES string of the molecule is C[C@@H](Cc1ccccc1)C(=O)N[C@H](C(=O)CCc1ccccc1)[C@@H](C)O.C[C@@H](Cc1ccccc1)C(=O)S.C[C@@H]1N[C@@H]1C(=O)CCc1ccccc1.O.[2H]CF. The van der Waals surface area contributed by atoms with Crippen molar-refractivity contribution in [2.45, 2.75) is 90.4 Å². The van der Waals surface area contributed by atoms with E-state index < -0.39 is 19.3 Å². The van der Waals surface area contributed by atoms with Crippen LogP contribution in [0.5, 0.6) is 0 Å². The minimum absolute atomic E-state index is 0. The van der Waals surface area contributed by atoms with Crippen LogP contribution < -0.4 is 10.6 Å². The molecule has 1 heterocycles. The summed E-state index contributed by atoms with van der Waals surface area (Å²) < 4.78 is 15.5. The first-order valence-electron chi connectivity index (χ1n) is 19.1. The van der Waals surface area contributed by atoms with Crippen LogP contribution in [-0.4, -0.2) is 64.6 Å². The lowest BCUT2D eigenvalue weighted by Gasteiger charge is -2.22. The number of nitrogens with one attached hydrogen (secondary N) is 2. The number of hydrogen-bond acceptors (Lipinski definition) is 6. The van der Waals surface area contributed by atoms with E-state index in [-0.39, 0.29) is 46.6 Å². The first kappa shape index (κ1) is 46.7. The number of aliphatic hydroxyl groups excluding tert-OH is 1. The van der Waals surface area contributed by atoms with E-state index in [1.165, 1.54) is 18.1 Å². The number of alkyl halides is 1. The zero-order valence-corrected chi connectivity index (χ0v) is 33.3. The van der Waals surface area contributed by atoms with Gasteiger partial charge in [0, 0.05) is 30.7 Å². The van der Waals surface area contributed by atoms with Crippen molar-refractivity contribution >= 4 is 35.2 Å². The van der Waals surface area contributed by atoms with Crippen molar-refractivity contribution in [1.82, 2.24) is 10.6 Å². The highest BCUT2D eigenvalue weighted by Gasteiger charge is 2.37. The van der Waals surface area contributed by atoms with Crippen molar-refractivity contribution in [2.75, 3.05) is 7.15 Å². The van der Waals surface area contributed by atoms with Gasteiger partial charge in [0.1, 0.15) is 6.04 Å². The second-order valence-electron chi connectivity index (χ2n) is 13.6. The van der Waals surface area contributed by atoms with Gasteiger partial charge in [-0.05, 0) is 61.8 Å². The lowest BCUT2D eigenvalue weighted by Crippen LogP contribution is -2.49. The topological polar surface area (TPSA) is 154 Å². The molecular weight excluding hydrogens is 716 g/mol. The number of thiol groups is 1. The van der Waals surface area contributed by atoms with Gasteiger partial charge in [-0.15, -0.1) is 12.6 Å². The summed E-state index contributed by atoms with van der Waals surface area (Å²) in [6.07, 6.45) is 2.86. The average Bonchev–Trinajstić information content (AvgIpc) is 3.93. The molecule has 298 valence electrons. The van der Waals surface area contributed by atoms with Crippen LogP contribution in [-0.2, 0) is 44.9 Å². The molecule has 8 nitrogen and oxygen atoms in total. The largest absolute Gasteiger partial charge is 0.412 e. The summed E-state index contributed by atoms with van der Waals surface area (Å²) >= 11 is 3.78. The normalized spacial score (nSPS) is 16.1. The molecule has 4 aromatic rings. The fourth-order valence-corrected chi connectivity index (χ4v) is 5.71. The minimum Gasteiger partial charge on any atom is -0.412 e. The average molecular weight is 776 g/mol. The number of hydrogen-bond donors (Lipinski definition) is 4. The van der Waals surface area contributed by atoms with Crippen LogP contribution in [0.25, 0.3) is 0 Å². The second-order valence-corrected chi connectivity index (χ2v) is 14.0. The molecule has 55 heavy (non-hydrogen) atoms. The molecule has 1 aliphatic heterocycles. The molecule has 5 rings (SSSR count). The number of ketones is 2. The summed E-state index contributed by atoms with van der Waals surface area (Å²) in [7, 11) is -1.00. The predicted octanol–water partition coefficient (Wildman–Crippen LogP) is 6.56. The van der Waals surface area contributed by atoms with Gasteiger partial charge in [-0.2, -0.15) is 0 Å². The molecule has 1 aliphatic rings. The van der Waals surface area contributed by atoms with Gasteiger partial charge < -0.3 is 21.2 Å². The third-order valence-corrected chi connectivity index (χ3v) is 9.39. The summed E-state index contributed by atoms with van der Waals surface area (Å²) in [5, 5.41) is 15.8. The van der Waals surface area contributed by atoms with E-state index in [9.17, 15) is 28.7 Å². The van der Waals surface area contributed by atoms with Gasteiger partial charge in [-0.25, -0.2) is 0 Å². The van der Waals surface area contributed by atoms with Crippen LogP contribution in [0.15, 0.2) is 121 Å². The predicted molar refractivity (Wildman–Crippen MR) is 223 cm³/mol. The molecule has 1 amide bonds. The highest BCUT2D eigenvalue weighted by molar-refractivity contribution is 7.96. The van der Waals surface area contributed by atoms with E-state index in [1.807, 2.05) is 130 Å². The number of aryl methyl sites for hydroxylation is 2. The summed E-state index contributed by atoms with van der Waals surface area (Å²) in [5.41, 5.74) is 4.56. The highest BCUT2D eigenvalue weighted by Crippen LogP contribution is 2.15. The number of aliphatic hydroxyl groups is 1. The molecule has 1 saturated heterocycles. The Morgan fingerprint density at radius 2 is 1.09 bits per heavy atom. The quantitative estimate of drug-likeness (QED) is 0.0747. The smallest absolute Gasteiger partial charge is 0.223 e. The van der Waals surface area contributed by atoms with Gasteiger partial charge >= 0.3 is 0 Å². The molecule has 0 bridgehead atoms. The number of Topliss-reactive ketones (excluding diaryl/α,β-unsaturated/α-hetero) is 2. The standard InChI is InChI=1S/C22H27NO3.C12H15NO.C10H12OS.CH3F.H2O/c1-16(15-19-11-7-4-8-12-19)22(26)23-21(17(2)24)20(25)14-13-18-9-5-3-6-10-18;1-9-12(13-9)11(14)8-7-10-5-3-2-4-6-10;1-8(10(11)12)7-9-5-3-2-4-6-9;1-2;/h3-12,16-17,21,24H,13-15H2,1-2H3,(H,23,26);2-6,9,12-13H,7-8H2,1H3;2-6,8H,7H2,1H3,(H,11,12);1H3;1H2/t16-,17+,21-;9-,12-;8-;;/m000../s1/i;;;1D;. The third-order valence-electron chi connectivity index (χ3n) is 8.95. The van der Waals surface area contributed by atoms with Crippen LogP contribution in [0, 0.1) is 11.8 Å². The zero-order chi connectivity index (χ0) is 40.6. The number of amides is 1. The van der Waals surface area contributed by atoms with Crippen molar-refractivity contribution < 1.29 is 35.5 Å². The van der Waals surface area contributed by atoms with E-state index in [1.54, 1.807) is 0 Å². The molecule has 4 aromatic carbocycles. The molecular formula is C45H59FN2O6S. The summed E-state index contributed by atoms with van der Waals surface area (Å²) in [4.78, 5) is 47.3. The lowest BCUT2D eigenvalue weighted by atomic mass is 9.97. The van der Waals surface area contributed by atoms with Crippen LogP contribution in [0.4, 0.5) is 4.39 Å². The number of rotatable bonds is 16. The Kier molecular flexibility index (Phi) is 23.0. The Morgan fingerprint density at radius 3 is 1.45 bits per heavy atom. The summed E-state index contributed by atoms with van der Waals surface area (Å²) in [6, 6.07) is 39.3. The van der Waals surface area contributed by atoms with E-state index in [4.69, 9.17) is 1.37 Å². The molecule has 6 atom stereocenters. The maximum Gasteiger partial charge on any atom is 0.223 e. The highest BCUT2D eigenvalue weighted by atomic mass is 32.1. The van der Waals surface area contributed by atoms with Crippen LogP contribution in [0.3, 0.4) is 0 Å². The lowest BCUT2D eigenvalue weighted by molar-refractivity contribution is -0.132. The van der Waals surface area contributed by atoms with Crippen molar-refractivity contribution in [3.8, 4) is 0 Å². The molecule has 0 aromatic heterocycles. The Bertz CT molecular complexity index is 1690. The Morgan fingerprint density at radius 1 is 0.727 bits per heavy atom. The van der Waals surface area contributed by atoms with Crippen molar-refractivity contribution in [1.29, 1.82) is 0 Å². The molecule has 10 heteroatoms. The van der Waals surface area contributed by atoms with E-state index in [2.05, 4.69) is 35.4 Å². The minimum atomic E-state index is -1.00. The molecule has 0 unspecified atom stereocenters. The first-order chi connectivity index (χ1) is 26.4. The molecule has 0 spiro atoms. The number of benzene rings is 4. The van der Waals surface area contributed by atoms with Gasteiger partial charge in [0.15, 0.2) is 16.7 Å². The van der Waals surface area contributed by atoms with Gasteiger partial charge in [0.25, 0.3) is 0 Å². The molecule has 5 N–H and O–H groups in total. The van der Waals surface area contributed by atoms with Crippen molar-refractivity contribution in [2.24, 2.45) is 11.8 Å². The van der Waals surface area contributed by atoms with E-state index >= 15 is 0 Å². The number of halogens is 1. The van der Waals surface area contributed by atoms with Gasteiger partial charge in [-0.1, -0.05) is 135 Å². The number of carbonyl (C=O) groups excluding carboxylic acids is 4. The van der Waals surface area contributed by atoms with Gasteiger partial charge in [-0.3, -0.25) is 23.6 Å². The Labute approximate surface area is 333 Å². The van der Waals surface area contributed by atoms with Crippen molar-refractivity contribution in [3.63, 3.8) is 0 Å². The molecule has 0 radical (unpaired) electrons. The van der Waals surface area contributed by atoms with E-state index in [0.29, 0.717) is 31.1 Å². The summed E-state index contributed by atoms with van der Waals surface area (Å²) in [5.74, 6) is -0.283. The molecule has 1 fully saturated rings. The van der Waals surface area contributed by atoms with E-state index in [0.717, 1.165) is 24.0 Å².